The maximum atomic E-state index is 13.8. The molecule has 8 nitrogen and oxygen atoms in total. The van der Waals surface area contributed by atoms with Crippen LogP contribution in [0, 0.1) is 5.41 Å². The molecule has 2 aliphatic heterocycles. The van der Waals surface area contributed by atoms with Crippen LogP contribution in [0.4, 0.5) is 0 Å². The number of hydrogen-bond acceptors (Lipinski definition) is 7. The number of amides is 1. The predicted octanol–water partition coefficient (Wildman–Crippen LogP) is 4.64. The van der Waals surface area contributed by atoms with Gasteiger partial charge in [0.1, 0.15) is 11.0 Å². The molecule has 37 heavy (non-hydrogen) atoms. The largest absolute Gasteiger partial charge is 0.459 e. The van der Waals surface area contributed by atoms with Gasteiger partial charge in [0.15, 0.2) is 0 Å². The third-order valence-electron chi connectivity index (χ3n) is 6.66. The lowest BCUT2D eigenvalue weighted by molar-refractivity contribution is -0.177. The van der Waals surface area contributed by atoms with Gasteiger partial charge in [-0.3, -0.25) is 13.8 Å². The highest BCUT2D eigenvalue weighted by Gasteiger charge is 2.62. The molecule has 0 radical (unpaired) electrons. The maximum absolute atomic E-state index is 13.8. The topological polar surface area (TPSA) is 99.2 Å². The zero-order chi connectivity index (χ0) is 26.3. The fraction of sp³-hybridized carbons (Fsp3) is 0.500. The Labute approximate surface area is 220 Å². The monoisotopic (exact) mass is 531 g/mol. The number of rotatable bonds is 3. The van der Waals surface area contributed by atoms with Crippen molar-refractivity contribution in [1.82, 2.24) is 4.90 Å². The van der Waals surface area contributed by atoms with Crippen LogP contribution in [0.5, 0.6) is 0 Å². The molecule has 1 saturated heterocycles. The van der Waals surface area contributed by atoms with Gasteiger partial charge in [-0.25, -0.2) is 0 Å². The Morgan fingerprint density at radius 2 is 1.81 bits per heavy atom. The van der Waals surface area contributed by atoms with E-state index in [1.807, 2.05) is 37.3 Å². The highest BCUT2D eigenvalue weighted by atomic mass is 32.2. The van der Waals surface area contributed by atoms with E-state index in [1.54, 1.807) is 44.7 Å². The van der Waals surface area contributed by atoms with Crippen molar-refractivity contribution in [2.45, 2.75) is 83.8 Å². The summed E-state index contributed by atoms with van der Waals surface area (Å²) in [6, 6.07) is 14.3. The first-order valence-electron chi connectivity index (χ1n) is 12.0. The molecule has 0 aromatic heterocycles. The van der Waals surface area contributed by atoms with Crippen molar-refractivity contribution in [2.75, 3.05) is 6.61 Å². The fourth-order valence-corrected chi connectivity index (χ4v) is 6.29. The molecule has 2 bridgehead atoms. The average Bonchev–Trinajstić information content (AvgIpc) is 3.10. The smallest absolute Gasteiger partial charge is 0.317 e. The second kappa shape index (κ2) is 10.6. The number of carbonyl (C=O) groups is 2. The van der Waals surface area contributed by atoms with Crippen molar-refractivity contribution in [1.29, 1.82) is 0 Å². The van der Waals surface area contributed by atoms with Gasteiger partial charge >= 0.3 is 5.97 Å². The van der Waals surface area contributed by atoms with Gasteiger partial charge in [-0.1, -0.05) is 49.9 Å². The van der Waals surface area contributed by atoms with Crippen LogP contribution in [0.25, 0.3) is 0 Å². The summed E-state index contributed by atoms with van der Waals surface area (Å²) in [5.41, 5.74) is -0.835. The van der Waals surface area contributed by atoms with Crippen molar-refractivity contribution in [3.8, 4) is 0 Å². The minimum atomic E-state index is -4.19. The lowest BCUT2D eigenvalue weighted by Gasteiger charge is -2.41. The first kappa shape index (κ1) is 28.8. The van der Waals surface area contributed by atoms with Gasteiger partial charge in [0.2, 0.25) is 5.91 Å². The summed E-state index contributed by atoms with van der Waals surface area (Å²) in [6.45, 7) is 8.62. The van der Waals surface area contributed by atoms with E-state index in [0.29, 0.717) is 5.56 Å². The summed E-state index contributed by atoms with van der Waals surface area (Å²) in [4.78, 5) is 29.0. The van der Waals surface area contributed by atoms with E-state index in [1.165, 1.54) is 12.1 Å². The van der Waals surface area contributed by atoms with Gasteiger partial charge in [0.25, 0.3) is 10.1 Å². The van der Waals surface area contributed by atoms with E-state index in [9.17, 15) is 18.0 Å². The Kier molecular flexibility index (Phi) is 8.22. The number of likely N-dealkylation sites (tertiary alicyclic amines) is 1. The van der Waals surface area contributed by atoms with Gasteiger partial charge < -0.3 is 14.4 Å². The van der Waals surface area contributed by atoms with Crippen molar-refractivity contribution in [2.24, 2.45) is 5.41 Å². The normalized spacial score (nSPS) is 26.3. The number of fused-ring (bicyclic) bond motifs is 3. The van der Waals surface area contributed by atoms with Gasteiger partial charge in [-0.2, -0.15) is 8.42 Å². The molecular weight excluding hydrogens is 494 g/mol. The standard InChI is InChI=1S/C27H33NO7S.CH4/c1-18(21-11-7-6-8-12-21)28-23(29)15-27(25(30)34-26(3,4)5)17-33-16-20-10-9-13-22(14-20)36(31,32)35-19(2)24(27)28;/h6-14,18-19,24H,15-17H2,1-5H3;1H4/t18-,19?,24?,27-;/m1./s1. The molecule has 1 fully saturated rings. The lowest BCUT2D eigenvalue weighted by atomic mass is 9.78. The maximum Gasteiger partial charge on any atom is 0.317 e. The summed E-state index contributed by atoms with van der Waals surface area (Å²) < 4.78 is 44.0. The minimum Gasteiger partial charge on any atom is -0.459 e. The first-order valence-corrected chi connectivity index (χ1v) is 13.4. The summed E-state index contributed by atoms with van der Waals surface area (Å²) in [5, 5.41) is 0. The Morgan fingerprint density at radius 1 is 1.14 bits per heavy atom. The molecule has 1 amide bonds. The summed E-state index contributed by atoms with van der Waals surface area (Å²) in [5.74, 6) is -0.913. The van der Waals surface area contributed by atoms with Crippen LogP contribution in [0.2, 0.25) is 0 Å². The molecule has 9 heteroatoms. The summed E-state index contributed by atoms with van der Waals surface area (Å²) >= 11 is 0. The second-order valence-corrected chi connectivity index (χ2v) is 12.1. The van der Waals surface area contributed by atoms with E-state index in [0.717, 1.165) is 5.56 Å². The van der Waals surface area contributed by atoms with E-state index in [-0.39, 0.29) is 37.9 Å². The highest BCUT2D eigenvalue weighted by molar-refractivity contribution is 7.86. The molecule has 4 rings (SSSR count). The zero-order valence-electron chi connectivity index (χ0n) is 21.3. The number of benzene rings is 2. The molecule has 2 aromatic rings. The van der Waals surface area contributed by atoms with Crippen molar-refractivity contribution in [3.05, 3.63) is 65.7 Å². The minimum absolute atomic E-state index is 0. The quantitative estimate of drug-likeness (QED) is 0.420. The van der Waals surface area contributed by atoms with Crippen LogP contribution in [-0.2, 0) is 40.0 Å². The third-order valence-corrected chi connectivity index (χ3v) is 8.05. The van der Waals surface area contributed by atoms with E-state index >= 15 is 0 Å². The van der Waals surface area contributed by atoms with Gasteiger partial charge in [0, 0.05) is 6.42 Å². The number of esters is 1. The summed E-state index contributed by atoms with van der Waals surface area (Å²) in [7, 11) is -4.19. The average molecular weight is 532 g/mol. The Balaban J connectivity index is 0.00000380. The fourth-order valence-electron chi connectivity index (χ4n) is 5.13. The zero-order valence-corrected chi connectivity index (χ0v) is 22.1. The number of nitrogens with zero attached hydrogens (tertiary/aromatic N) is 1. The lowest BCUT2D eigenvalue weighted by Crippen LogP contribution is -2.56. The molecule has 0 aliphatic carbocycles. The SMILES string of the molecule is C.CC1OS(=O)(=O)c2cccc(c2)COC[C@]2(C(=O)OC(C)(C)C)CC(=O)N([C@H](C)c3ccccc3)C12. The van der Waals surface area contributed by atoms with Crippen LogP contribution in [0.1, 0.15) is 65.6 Å². The molecule has 0 saturated carbocycles. The predicted molar refractivity (Wildman–Crippen MR) is 139 cm³/mol. The molecule has 202 valence electrons. The van der Waals surface area contributed by atoms with Crippen molar-refractivity contribution >= 4 is 22.0 Å². The summed E-state index contributed by atoms with van der Waals surface area (Å²) in [6.07, 6.45) is -1.25. The van der Waals surface area contributed by atoms with Crippen LogP contribution in [-0.4, -0.2) is 49.5 Å². The highest BCUT2D eigenvalue weighted by Crippen LogP contribution is 2.47. The van der Waals surface area contributed by atoms with Gasteiger partial charge in [-0.15, -0.1) is 0 Å². The molecule has 2 aromatic carbocycles. The number of hydrogen-bond donors (Lipinski definition) is 0. The van der Waals surface area contributed by atoms with Crippen LogP contribution in [0.15, 0.2) is 59.5 Å². The molecule has 4 atom stereocenters. The van der Waals surface area contributed by atoms with Crippen LogP contribution >= 0.6 is 0 Å². The second-order valence-electron chi connectivity index (χ2n) is 10.6. The van der Waals surface area contributed by atoms with E-state index in [4.69, 9.17) is 13.7 Å². The number of carbonyl (C=O) groups excluding carboxylic acids is 2. The third kappa shape index (κ3) is 5.73. The van der Waals surface area contributed by atoms with E-state index in [2.05, 4.69) is 0 Å². The van der Waals surface area contributed by atoms with Crippen LogP contribution in [0.3, 0.4) is 0 Å². The van der Waals surface area contributed by atoms with Gasteiger partial charge in [0.05, 0.1) is 36.3 Å². The van der Waals surface area contributed by atoms with Crippen molar-refractivity contribution in [3.63, 3.8) is 0 Å². The van der Waals surface area contributed by atoms with Gasteiger partial charge in [-0.05, 0) is 57.9 Å². The van der Waals surface area contributed by atoms with E-state index < -0.39 is 45.3 Å². The van der Waals surface area contributed by atoms with Crippen LogP contribution < -0.4 is 0 Å². The number of ether oxygens (including phenoxy) is 2. The van der Waals surface area contributed by atoms with Crippen molar-refractivity contribution < 1.29 is 31.7 Å². The molecular formula is C28H37NO7S. The first-order chi connectivity index (χ1) is 16.8. The molecule has 2 unspecified atom stereocenters. The molecule has 2 aliphatic rings. The Hall–Kier alpha value is -2.75. The molecule has 0 spiro atoms. The Bertz CT molecular complexity index is 1240. The molecule has 2 heterocycles. The molecule has 0 N–H and O–H groups in total. The Morgan fingerprint density at radius 3 is 2.46 bits per heavy atom.